The van der Waals surface area contributed by atoms with Crippen LogP contribution in [0.15, 0.2) is 36.4 Å². The highest BCUT2D eigenvalue weighted by atomic mass is 16.5. The summed E-state index contributed by atoms with van der Waals surface area (Å²) in [4.78, 5) is 4.42. The number of ether oxygens (including phenoxy) is 2. The second-order valence-electron chi connectivity index (χ2n) is 5.20. The summed E-state index contributed by atoms with van der Waals surface area (Å²) in [6.07, 6.45) is 2.48. The Morgan fingerprint density at radius 3 is 2.62 bits per heavy atom. The van der Waals surface area contributed by atoms with Gasteiger partial charge in [0.1, 0.15) is 11.6 Å². The first-order valence-corrected chi connectivity index (χ1v) is 7.05. The summed E-state index contributed by atoms with van der Waals surface area (Å²) in [5, 5.41) is 3.22. The Kier molecular flexibility index (Phi) is 3.81. The van der Waals surface area contributed by atoms with E-state index < -0.39 is 0 Å². The van der Waals surface area contributed by atoms with Gasteiger partial charge >= 0.3 is 0 Å². The predicted octanol–water partition coefficient (Wildman–Crippen LogP) is 3.20. The minimum atomic E-state index is 0.500. The van der Waals surface area contributed by atoms with Crippen LogP contribution in [0.25, 0.3) is 0 Å². The molecule has 1 aliphatic rings. The minimum Gasteiger partial charge on any atom is -0.497 e. The van der Waals surface area contributed by atoms with Crippen molar-refractivity contribution in [1.82, 2.24) is 4.98 Å². The maximum atomic E-state index is 5.90. The highest BCUT2D eigenvalue weighted by Gasteiger charge is 2.22. The Labute approximate surface area is 124 Å². The fraction of sp³-hybridized carbons (Fsp3) is 0.312. The van der Waals surface area contributed by atoms with Crippen LogP contribution < -0.4 is 20.5 Å². The van der Waals surface area contributed by atoms with Crippen LogP contribution >= 0.6 is 0 Å². The molecule has 0 spiro atoms. The highest BCUT2D eigenvalue weighted by Crippen LogP contribution is 2.31. The third kappa shape index (κ3) is 3.56. The molecule has 1 aromatic heterocycles. The SMILES string of the molecule is COc1ccc(Nc2ccc(N)c(OCC3CC3)n2)cc1. The van der Waals surface area contributed by atoms with E-state index in [1.807, 2.05) is 30.3 Å². The lowest BCUT2D eigenvalue weighted by molar-refractivity contribution is 0.290. The first-order valence-electron chi connectivity index (χ1n) is 7.05. The van der Waals surface area contributed by atoms with Crippen LogP contribution in [0.1, 0.15) is 12.8 Å². The summed E-state index contributed by atoms with van der Waals surface area (Å²) >= 11 is 0. The van der Waals surface area contributed by atoms with Crippen LogP contribution in [-0.2, 0) is 0 Å². The predicted molar refractivity (Wildman–Crippen MR) is 83.1 cm³/mol. The molecule has 2 aromatic rings. The first-order chi connectivity index (χ1) is 10.2. The van der Waals surface area contributed by atoms with E-state index in [0.29, 0.717) is 29.9 Å². The summed E-state index contributed by atoms with van der Waals surface area (Å²) in [5.41, 5.74) is 7.39. The third-order valence-corrected chi connectivity index (χ3v) is 3.40. The zero-order valence-corrected chi connectivity index (χ0v) is 12.0. The Balaban J connectivity index is 1.69. The average Bonchev–Trinajstić information content (AvgIpc) is 3.33. The third-order valence-electron chi connectivity index (χ3n) is 3.40. The van der Waals surface area contributed by atoms with Crippen molar-refractivity contribution < 1.29 is 9.47 Å². The number of benzene rings is 1. The van der Waals surface area contributed by atoms with E-state index in [0.717, 1.165) is 11.4 Å². The monoisotopic (exact) mass is 285 g/mol. The van der Waals surface area contributed by atoms with Gasteiger partial charge < -0.3 is 20.5 Å². The van der Waals surface area contributed by atoms with Crippen molar-refractivity contribution in [1.29, 1.82) is 0 Å². The number of anilines is 3. The maximum Gasteiger partial charge on any atom is 0.239 e. The van der Waals surface area contributed by atoms with Gasteiger partial charge in [0.2, 0.25) is 5.88 Å². The Morgan fingerprint density at radius 1 is 1.19 bits per heavy atom. The zero-order chi connectivity index (χ0) is 14.7. The van der Waals surface area contributed by atoms with Gasteiger partial charge in [-0.25, -0.2) is 0 Å². The molecule has 0 aliphatic heterocycles. The number of pyridine rings is 1. The Bertz CT molecular complexity index is 609. The van der Waals surface area contributed by atoms with E-state index in [1.165, 1.54) is 12.8 Å². The van der Waals surface area contributed by atoms with E-state index in [1.54, 1.807) is 13.2 Å². The number of nitrogens with one attached hydrogen (secondary N) is 1. The molecular weight excluding hydrogens is 266 g/mol. The van der Waals surface area contributed by atoms with Gasteiger partial charge in [-0.15, -0.1) is 0 Å². The van der Waals surface area contributed by atoms with Crippen LogP contribution in [0.5, 0.6) is 11.6 Å². The molecule has 1 aliphatic carbocycles. The molecule has 5 nitrogen and oxygen atoms in total. The summed E-state index contributed by atoms with van der Waals surface area (Å²) in [6, 6.07) is 11.3. The number of hydrogen-bond acceptors (Lipinski definition) is 5. The van der Waals surface area contributed by atoms with Gasteiger partial charge in [0.25, 0.3) is 0 Å². The zero-order valence-electron chi connectivity index (χ0n) is 12.0. The fourth-order valence-electron chi connectivity index (χ4n) is 1.94. The van der Waals surface area contributed by atoms with E-state index in [4.69, 9.17) is 15.2 Å². The molecule has 5 heteroatoms. The van der Waals surface area contributed by atoms with Gasteiger partial charge in [-0.05, 0) is 55.2 Å². The number of methoxy groups -OCH3 is 1. The summed E-state index contributed by atoms with van der Waals surface area (Å²) < 4.78 is 10.8. The molecule has 0 unspecified atom stereocenters. The second kappa shape index (κ2) is 5.91. The molecule has 0 saturated heterocycles. The molecule has 110 valence electrons. The normalized spacial score (nSPS) is 13.8. The van der Waals surface area contributed by atoms with Crippen LogP contribution in [0.4, 0.5) is 17.2 Å². The average molecular weight is 285 g/mol. The van der Waals surface area contributed by atoms with Gasteiger partial charge in [-0.1, -0.05) is 0 Å². The number of rotatable bonds is 6. The molecule has 1 heterocycles. The number of hydrogen-bond donors (Lipinski definition) is 2. The van der Waals surface area contributed by atoms with Gasteiger partial charge in [-0.3, -0.25) is 0 Å². The van der Waals surface area contributed by atoms with Crippen molar-refractivity contribution in [2.24, 2.45) is 5.92 Å². The number of nitrogens with zero attached hydrogens (tertiary/aromatic N) is 1. The molecule has 1 aromatic carbocycles. The molecule has 1 saturated carbocycles. The van der Waals surface area contributed by atoms with E-state index in [-0.39, 0.29) is 0 Å². The lowest BCUT2D eigenvalue weighted by Gasteiger charge is -2.11. The highest BCUT2D eigenvalue weighted by molar-refractivity contribution is 5.61. The second-order valence-corrected chi connectivity index (χ2v) is 5.20. The van der Waals surface area contributed by atoms with Crippen LogP contribution in [0.3, 0.4) is 0 Å². The molecule has 0 radical (unpaired) electrons. The topological polar surface area (TPSA) is 69.4 Å². The summed E-state index contributed by atoms with van der Waals surface area (Å²) in [6.45, 7) is 0.698. The molecule has 1 fully saturated rings. The van der Waals surface area contributed by atoms with E-state index in [9.17, 15) is 0 Å². The summed E-state index contributed by atoms with van der Waals surface area (Å²) in [7, 11) is 1.65. The van der Waals surface area contributed by atoms with E-state index in [2.05, 4.69) is 10.3 Å². The molecule has 0 atom stereocenters. The molecule has 3 rings (SSSR count). The van der Waals surface area contributed by atoms with Crippen LogP contribution in [-0.4, -0.2) is 18.7 Å². The number of nitrogens with two attached hydrogens (primary N) is 1. The number of aromatic nitrogens is 1. The van der Waals surface area contributed by atoms with Crippen molar-refractivity contribution in [2.45, 2.75) is 12.8 Å². The molecular formula is C16H19N3O2. The fourth-order valence-corrected chi connectivity index (χ4v) is 1.94. The Morgan fingerprint density at radius 2 is 1.95 bits per heavy atom. The van der Waals surface area contributed by atoms with Crippen LogP contribution in [0.2, 0.25) is 0 Å². The lowest BCUT2D eigenvalue weighted by Crippen LogP contribution is -2.05. The smallest absolute Gasteiger partial charge is 0.239 e. The van der Waals surface area contributed by atoms with Gasteiger partial charge in [0.15, 0.2) is 0 Å². The minimum absolute atomic E-state index is 0.500. The lowest BCUT2D eigenvalue weighted by atomic mass is 10.3. The molecule has 0 amide bonds. The van der Waals surface area contributed by atoms with Crippen molar-refractivity contribution in [3.05, 3.63) is 36.4 Å². The van der Waals surface area contributed by atoms with Crippen LogP contribution in [0, 0.1) is 5.92 Å². The van der Waals surface area contributed by atoms with Crippen molar-refractivity contribution in [3.63, 3.8) is 0 Å². The standard InChI is InChI=1S/C16H19N3O2/c1-20-13-6-4-12(5-7-13)18-15-9-8-14(17)16(19-15)21-10-11-2-3-11/h4-9,11H,2-3,10,17H2,1H3,(H,18,19). The van der Waals surface area contributed by atoms with E-state index >= 15 is 0 Å². The largest absolute Gasteiger partial charge is 0.497 e. The molecule has 3 N–H and O–H groups in total. The number of nitrogen functional groups attached to an aromatic ring is 1. The van der Waals surface area contributed by atoms with Gasteiger partial charge in [0.05, 0.1) is 19.4 Å². The molecule has 0 bridgehead atoms. The van der Waals surface area contributed by atoms with Crippen molar-refractivity contribution in [2.75, 3.05) is 24.8 Å². The molecule has 21 heavy (non-hydrogen) atoms. The quantitative estimate of drug-likeness (QED) is 0.853. The first kappa shape index (κ1) is 13.5. The van der Waals surface area contributed by atoms with Crippen molar-refractivity contribution in [3.8, 4) is 11.6 Å². The van der Waals surface area contributed by atoms with Gasteiger partial charge in [0, 0.05) is 5.69 Å². The maximum absolute atomic E-state index is 5.90. The Hall–Kier alpha value is -2.43. The summed E-state index contributed by atoms with van der Waals surface area (Å²) in [5.74, 6) is 2.70. The van der Waals surface area contributed by atoms with Gasteiger partial charge in [-0.2, -0.15) is 4.98 Å². The van der Waals surface area contributed by atoms with Crippen molar-refractivity contribution >= 4 is 17.2 Å².